The van der Waals surface area contributed by atoms with Crippen LogP contribution in [0.25, 0.3) is 0 Å². The zero-order valence-corrected chi connectivity index (χ0v) is 9.92. The summed E-state index contributed by atoms with van der Waals surface area (Å²) in [5.74, 6) is 0. The van der Waals surface area contributed by atoms with Crippen LogP contribution in [0.3, 0.4) is 0 Å². The van der Waals surface area contributed by atoms with Gasteiger partial charge in [-0.25, -0.2) is 4.79 Å². The van der Waals surface area contributed by atoms with E-state index in [1.807, 2.05) is 0 Å². The Hall–Kier alpha value is -0.810. The first-order chi connectivity index (χ1) is 7.66. The van der Waals surface area contributed by atoms with E-state index in [-0.39, 0.29) is 6.03 Å². The van der Waals surface area contributed by atoms with Gasteiger partial charge in [-0.3, -0.25) is 0 Å². The molecule has 1 aliphatic rings. The molecule has 0 spiro atoms. The standard InChI is InChI=1S/C11H22N2O3/c1-2-3-6-12-10(14)13-9-11(15)4-7-16-8-5-11/h15H,2-9H2,1H3,(H2,12,13,14). The number of aliphatic hydroxyl groups is 1. The highest BCUT2D eigenvalue weighted by molar-refractivity contribution is 5.73. The van der Waals surface area contributed by atoms with Gasteiger partial charge in [0.2, 0.25) is 0 Å². The van der Waals surface area contributed by atoms with Gasteiger partial charge in [0.1, 0.15) is 0 Å². The minimum Gasteiger partial charge on any atom is -0.388 e. The molecule has 0 aromatic heterocycles. The number of hydrogen-bond acceptors (Lipinski definition) is 3. The lowest BCUT2D eigenvalue weighted by atomic mass is 9.94. The highest BCUT2D eigenvalue weighted by atomic mass is 16.5. The number of ether oxygens (including phenoxy) is 1. The molecule has 3 N–H and O–H groups in total. The molecular weight excluding hydrogens is 208 g/mol. The van der Waals surface area contributed by atoms with Gasteiger partial charge in [-0.1, -0.05) is 13.3 Å². The number of carbonyl (C=O) groups is 1. The van der Waals surface area contributed by atoms with Crippen LogP contribution in [0.15, 0.2) is 0 Å². The van der Waals surface area contributed by atoms with Crippen molar-refractivity contribution in [3.63, 3.8) is 0 Å². The third-order valence-electron chi connectivity index (χ3n) is 2.82. The van der Waals surface area contributed by atoms with E-state index < -0.39 is 5.60 Å². The molecule has 1 heterocycles. The highest BCUT2D eigenvalue weighted by Crippen LogP contribution is 2.18. The van der Waals surface area contributed by atoms with E-state index in [9.17, 15) is 9.90 Å². The van der Waals surface area contributed by atoms with Gasteiger partial charge in [0.05, 0.1) is 5.60 Å². The zero-order chi connectivity index (χ0) is 11.9. The Bertz CT molecular complexity index is 215. The van der Waals surface area contributed by atoms with E-state index in [2.05, 4.69) is 17.6 Å². The molecule has 0 aromatic rings. The molecule has 5 nitrogen and oxygen atoms in total. The molecule has 1 fully saturated rings. The maximum Gasteiger partial charge on any atom is 0.314 e. The Labute approximate surface area is 96.6 Å². The molecule has 1 rings (SSSR count). The molecule has 2 amide bonds. The van der Waals surface area contributed by atoms with Crippen molar-refractivity contribution >= 4 is 6.03 Å². The average molecular weight is 230 g/mol. The molecule has 0 radical (unpaired) electrons. The maximum absolute atomic E-state index is 11.3. The Morgan fingerprint density at radius 2 is 2.06 bits per heavy atom. The monoisotopic (exact) mass is 230 g/mol. The fourth-order valence-corrected chi connectivity index (χ4v) is 1.61. The van der Waals surface area contributed by atoms with Crippen LogP contribution in [-0.4, -0.2) is 43.0 Å². The average Bonchev–Trinajstić information content (AvgIpc) is 2.28. The topological polar surface area (TPSA) is 70.6 Å². The summed E-state index contributed by atoms with van der Waals surface area (Å²) >= 11 is 0. The summed E-state index contributed by atoms with van der Waals surface area (Å²) in [6.45, 7) is 4.19. The molecule has 16 heavy (non-hydrogen) atoms. The lowest BCUT2D eigenvalue weighted by Gasteiger charge is -2.32. The molecule has 0 unspecified atom stereocenters. The molecule has 0 saturated carbocycles. The maximum atomic E-state index is 11.3. The van der Waals surface area contributed by atoms with Crippen molar-refractivity contribution in [1.29, 1.82) is 0 Å². The second kappa shape index (κ2) is 6.70. The summed E-state index contributed by atoms with van der Waals surface area (Å²) in [6.07, 6.45) is 3.21. The Morgan fingerprint density at radius 1 is 1.38 bits per heavy atom. The molecule has 0 atom stereocenters. The molecule has 0 aliphatic carbocycles. The second-order valence-corrected chi connectivity index (χ2v) is 4.30. The van der Waals surface area contributed by atoms with Crippen molar-refractivity contribution in [3.8, 4) is 0 Å². The SMILES string of the molecule is CCCCNC(=O)NCC1(O)CCOCC1. The van der Waals surface area contributed by atoms with Crippen LogP contribution in [0.1, 0.15) is 32.6 Å². The molecule has 1 saturated heterocycles. The van der Waals surface area contributed by atoms with Crippen molar-refractivity contribution in [2.24, 2.45) is 0 Å². The van der Waals surface area contributed by atoms with Crippen LogP contribution in [0.4, 0.5) is 4.79 Å². The first-order valence-corrected chi connectivity index (χ1v) is 5.98. The highest BCUT2D eigenvalue weighted by Gasteiger charge is 2.29. The largest absolute Gasteiger partial charge is 0.388 e. The number of unbranched alkanes of at least 4 members (excludes halogenated alkanes) is 1. The summed E-state index contributed by atoms with van der Waals surface area (Å²) in [5, 5.41) is 15.5. The minimum absolute atomic E-state index is 0.201. The van der Waals surface area contributed by atoms with E-state index in [0.29, 0.717) is 39.1 Å². The van der Waals surface area contributed by atoms with Crippen LogP contribution in [0.5, 0.6) is 0 Å². The fourth-order valence-electron chi connectivity index (χ4n) is 1.61. The molecule has 0 bridgehead atoms. The Balaban J connectivity index is 2.14. The Morgan fingerprint density at radius 3 is 2.69 bits per heavy atom. The molecule has 0 aromatic carbocycles. The third kappa shape index (κ3) is 4.81. The normalized spacial score (nSPS) is 19.1. The summed E-state index contributed by atoms with van der Waals surface area (Å²) in [5.41, 5.74) is -0.791. The van der Waals surface area contributed by atoms with Gasteiger partial charge >= 0.3 is 6.03 Å². The van der Waals surface area contributed by atoms with Gasteiger partial charge in [-0.05, 0) is 6.42 Å². The lowest BCUT2D eigenvalue weighted by Crippen LogP contribution is -2.49. The van der Waals surface area contributed by atoms with Crippen molar-refractivity contribution in [2.45, 2.75) is 38.2 Å². The van der Waals surface area contributed by atoms with E-state index in [0.717, 1.165) is 12.8 Å². The van der Waals surface area contributed by atoms with Crippen molar-refractivity contribution in [1.82, 2.24) is 10.6 Å². The predicted octanol–water partition coefficient (Wildman–Crippen LogP) is 0.627. The summed E-state index contributed by atoms with van der Waals surface area (Å²) < 4.78 is 5.16. The third-order valence-corrected chi connectivity index (χ3v) is 2.82. The number of hydrogen-bond donors (Lipinski definition) is 3. The van der Waals surface area contributed by atoms with Crippen LogP contribution < -0.4 is 10.6 Å². The van der Waals surface area contributed by atoms with Crippen molar-refractivity contribution in [2.75, 3.05) is 26.3 Å². The molecule has 1 aliphatic heterocycles. The van der Waals surface area contributed by atoms with Gasteiger partial charge in [0, 0.05) is 39.1 Å². The smallest absolute Gasteiger partial charge is 0.314 e. The van der Waals surface area contributed by atoms with Gasteiger partial charge in [-0.15, -0.1) is 0 Å². The van der Waals surface area contributed by atoms with Crippen LogP contribution in [-0.2, 0) is 4.74 Å². The number of urea groups is 1. The predicted molar refractivity (Wildman–Crippen MR) is 61.3 cm³/mol. The fraction of sp³-hybridized carbons (Fsp3) is 0.909. The van der Waals surface area contributed by atoms with Crippen molar-refractivity contribution < 1.29 is 14.6 Å². The number of carbonyl (C=O) groups excluding carboxylic acids is 1. The quantitative estimate of drug-likeness (QED) is 0.607. The van der Waals surface area contributed by atoms with E-state index >= 15 is 0 Å². The van der Waals surface area contributed by atoms with Gasteiger partial charge in [0.15, 0.2) is 0 Å². The van der Waals surface area contributed by atoms with Gasteiger partial charge in [-0.2, -0.15) is 0 Å². The summed E-state index contributed by atoms with van der Waals surface area (Å²) in [4.78, 5) is 11.3. The number of nitrogens with one attached hydrogen (secondary N) is 2. The van der Waals surface area contributed by atoms with Gasteiger partial charge < -0.3 is 20.5 Å². The lowest BCUT2D eigenvalue weighted by molar-refractivity contribution is -0.0600. The zero-order valence-electron chi connectivity index (χ0n) is 9.92. The molecule has 94 valence electrons. The Kier molecular flexibility index (Phi) is 5.55. The second-order valence-electron chi connectivity index (χ2n) is 4.30. The first kappa shape index (κ1) is 13.3. The van der Waals surface area contributed by atoms with Gasteiger partial charge in [0.25, 0.3) is 0 Å². The molecule has 5 heteroatoms. The van der Waals surface area contributed by atoms with Crippen LogP contribution in [0, 0.1) is 0 Å². The summed E-state index contributed by atoms with van der Waals surface area (Å²) in [7, 11) is 0. The summed E-state index contributed by atoms with van der Waals surface area (Å²) in [6, 6.07) is -0.201. The number of amides is 2. The van der Waals surface area contributed by atoms with E-state index in [1.54, 1.807) is 0 Å². The minimum atomic E-state index is -0.791. The van der Waals surface area contributed by atoms with E-state index in [1.165, 1.54) is 0 Å². The first-order valence-electron chi connectivity index (χ1n) is 5.98. The van der Waals surface area contributed by atoms with Crippen LogP contribution in [0.2, 0.25) is 0 Å². The number of rotatable bonds is 5. The van der Waals surface area contributed by atoms with E-state index in [4.69, 9.17) is 4.74 Å². The van der Waals surface area contributed by atoms with Crippen LogP contribution >= 0.6 is 0 Å². The molecular formula is C11H22N2O3. The van der Waals surface area contributed by atoms with Crippen molar-refractivity contribution in [3.05, 3.63) is 0 Å².